The minimum absolute atomic E-state index is 0.0230. The normalized spacial score (nSPS) is 28.9. The molecular formula is C22H25N3O8. The molecule has 11 nitrogen and oxygen atoms in total. The van der Waals surface area contributed by atoms with E-state index in [-0.39, 0.29) is 42.9 Å². The molecule has 0 bridgehead atoms. The molecule has 0 saturated heterocycles. The van der Waals surface area contributed by atoms with Gasteiger partial charge in [0.05, 0.1) is 18.2 Å². The van der Waals surface area contributed by atoms with Gasteiger partial charge in [-0.15, -0.1) is 0 Å². The average Bonchev–Trinajstić information content (AvgIpc) is 2.76. The lowest BCUT2D eigenvalue weighted by Crippen LogP contribution is -2.64. The van der Waals surface area contributed by atoms with Crippen LogP contribution in [0.25, 0.3) is 0 Å². The van der Waals surface area contributed by atoms with Gasteiger partial charge in [0.15, 0.2) is 11.4 Å². The number of amides is 1. The Labute approximate surface area is 188 Å². The highest BCUT2D eigenvalue weighted by Gasteiger charge is 2.62. The van der Waals surface area contributed by atoms with Gasteiger partial charge < -0.3 is 41.9 Å². The number of aromatic hydroxyl groups is 1. The average molecular weight is 459 g/mol. The van der Waals surface area contributed by atoms with E-state index in [1.807, 2.05) is 0 Å². The predicted octanol–water partition coefficient (Wildman–Crippen LogP) is -0.817. The number of nitrogens with two attached hydrogens (primary N) is 1. The van der Waals surface area contributed by atoms with Crippen molar-refractivity contribution in [1.29, 1.82) is 0 Å². The summed E-state index contributed by atoms with van der Waals surface area (Å²) in [6, 6.07) is 1.74. The number of carbonyl (C=O) groups is 3. The van der Waals surface area contributed by atoms with E-state index >= 15 is 0 Å². The third-order valence-electron chi connectivity index (χ3n) is 6.83. The number of hydrogen-bond acceptors (Lipinski definition) is 10. The first-order valence-electron chi connectivity index (χ1n) is 10.4. The molecule has 0 radical (unpaired) electrons. The van der Waals surface area contributed by atoms with E-state index in [9.17, 15) is 39.9 Å². The van der Waals surface area contributed by atoms with E-state index in [2.05, 4.69) is 10.6 Å². The van der Waals surface area contributed by atoms with Gasteiger partial charge in [-0.2, -0.15) is 0 Å². The quantitative estimate of drug-likeness (QED) is 0.203. The Bertz CT molecular complexity index is 1140. The van der Waals surface area contributed by atoms with Crippen molar-refractivity contribution < 1.29 is 39.9 Å². The summed E-state index contributed by atoms with van der Waals surface area (Å²) in [7, 11) is 1.66. The first-order chi connectivity index (χ1) is 15.6. The van der Waals surface area contributed by atoms with Crippen molar-refractivity contribution in [3.63, 3.8) is 0 Å². The van der Waals surface area contributed by atoms with E-state index < -0.39 is 58.0 Å². The lowest BCUT2D eigenvalue weighted by molar-refractivity contribution is -0.146. The number of allylic oxidation sites excluding steroid dienone is 1. The largest absolute Gasteiger partial charge is 0.510 e. The first-order valence-corrected chi connectivity index (χ1v) is 10.4. The Hall–Kier alpha value is -3.41. The van der Waals surface area contributed by atoms with Crippen LogP contribution in [0.1, 0.15) is 22.3 Å². The number of aliphatic hydroxyl groups excluding tert-OH is 3. The molecule has 0 heterocycles. The number of rotatable bonds is 5. The topological polar surface area (TPSA) is 202 Å². The molecule has 1 aromatic rings. The molecular weight excluding hydrogens is 434 g/mol. The fourth-order valence-electron chi connectivity index (χ4n) is 5.37. The van der Waals surface area contributed by atoms with Gasteiger partial charge in [-0.1, -0.05) is 0 Å². The summed E-state index contributed by atoms with van der Waals surface area (Å²) < 4.78 is 0. The zero-order chi connectivity index (χ0) is 24.2. The van der Waals surface area contributed by atoms with Crippen molar-refractivity contribution in [3.8, 4) is 5.75 Å². The Morgan fingerprint density at radius 3 is 2.55 bits per heavy atom. The molecule has 4 rings (SSSR count). The van der Waals surface area contributed by atoms with Crippen LogP contribution >= 0.6 is 0 Å². The molecule has 0 aliphatic heterocycles. The molecule has 176 valence electrons. The number of phenolic OH excluding ortho intramolecular Hbond substituents is 1. The maximum Gasteiger partial charge on any atom is 0.255 e. The molecule has 0 fully saturated rings. The lowest BCUT2D eigenvalue weighted by atomic mass is 9.58. The highest BCUT2D eigenvalue weighted by molar-refractivity contribution is 6.24. The van der Waals surface area contributed by atoms with Gasteiger partial charge in [0.25, 0.3) is 5.91 Å². The molecule has 1 aromatic carbocycles. The molecule has 9 N–H and O–H groups in total. The van der Waals surface area contributed by atoms with Crippen molar-refractivity contribution >= 4 is 23.2 Å². The zero-order valence-electron chi connectivity index (χ0n) is 17.8. The van der Waals surface area contributed by atoms with Gasteiger partial charge in [0.1, 0.15) is 22.8 Å². The van der Waals surface area contributed by atoms with Gasteiger partial charge in [-0.3, -0.25) is 14.4 Å². The Morgan fingerprint density at radius 1 is 1.24 bits per heavy atom. The van der Waals surface area contributed by atoms with Crippen molar-refractivity contribution in [2.75, 3.05) is 25.5 Å². The molecule has 33 heavy (non-hydrogen) atoms. The number of Topliss-reactive ketones (excluding diaryl/α,β-unsaturated/α-hetero) is 2. The fraction of sp³-hybridized carbons (Fsp3) is 0.409. The minimum atomic E-state index is -2.71. The Balaban J connectivity index is 1.93. The van der Waals surface area contributed by atoms with Crippen LogP contribution in [0.4, 0.5) is 5.69 Å². The summed E-state index contributed by atoms with van der Waals surface area (Å²) in [5.41, 5.74) is 2.51. The van der Waals surface area contributed by atoms with Crippen LogP contribution in [-0.4, -0.2) is 74.8 Å². The summed E-state index contributed by atoms with van der Waals surface area (Å²) in [4.78, 5) is 38.5. The van der Waals surface area contributed by atoms with Crippen LogP contribution in [0.2, 0.25) is 0 Å². The highest BCUT2D eigenvalue weighted by atomic mass is 16.3. The van der Waals surface area contributed by atoms with Crippen LogP contribution in [0, 0.1) is 11.8 Å². The number of benzene rings is 1. The summed E-state index contributed by atoms with van der Waals surface area (Å²) in [6.45, 7) is -0.398. The van der Waals surface area contributed by atoms with Crippen molar-refractivity contribution in [2.24, 2.45) is 17.6 Å². The molecule has 11 heteroatoms. The van der Waals surface area contributed by atoms with Gasteiger partial charge in [0, 0.05) is 30.8 Å². The third-order valence-corrected chi connectivity index (χ3v) is 6.83. The van der Waals surface area contributed by atoms with E-state index in [4.69, 9.17) is 5.73 Å². The molecule has 1 amide bonds. The van der Waals surface area contributed by atoms with Crippen LogP contribution < -0.4 is 16.4 Å². The standard InChI is InChI=1S/C22H25N3O8/c1-24-11-2-3-12(27)14-9(11)6-8-7-10-16(25-4-5-26)18(29)15(21(23)32)20(31)22(10,33)19(30)13(8)17(14)28/h2-3,8,10,16,24-27,29-30,33H,4-7H2,1H3,(H2,23,32)/t8-,10-,16+,22-/m0/s1. The molecule has 3 aliphatic carbocycles. The number of hydrogen-bond donors (Lipinski definition) is 8. The fourth-order valence-corrected chi connectivity index (χ4v) is 5.37. The van der Waals surface area contributed by atoms with E-state index in [1.165, 1.54) is 6.07 Å². The second-order valence-electron chi connectivity index (χ2n) is 8.45. The van der Waals surface area contributed by atoms with E-state index in [0.29, 0.717) is 11.3 Å². The number of primary amides is 1. The SMILES string of the molecule is CNc1ccc(O)c2c1C[C@H]1C[C@H]3[C@@H](NCCO)C(O)=C(C(N)=O)C(=O)[C@@]3(O)C(O)=C1C2=O. The molecule has 0 saturated carbocycles. The molecule has 0 spiro atoms. The van der Waals surface area contributed by atoms with Gasteiger partial charge >= 0.3 is 0 Å². The smallest absolute Gasteiger partial charge is 0.255 e. The zero-order valence-corrected chi connectivity index (χ0v) is 17.8. The summed E-state index contributed by atoms with van der Waals surface area (Å²) >= 11 is 0. The van der Waals surface area contributed by atoms with Gasteiger partial charge in [0.2, 0.25) is 5.78 Å². The van der Waals surface area contributed by atoms with Gasteiger partial charge in [-0.25, -0.2) is 0 Å². The molecule has 0 aromatic heterocycles. The maximum atomic E-state index is 13.4. The number of nitrogens with one attached hydrogen (secondary N) is 2. The monoisotopic (exact) mass is 459 g/mol. The lowest BCUT2D eigenvalue weighted by Gasteiger charge is -2.48. The van der Waals surface area contributed by atoms with Crippen LogP contribution in [0.15, 0.2) is 34.8 Å². The summed E-state index contributed by atoms with van der Waals surface area (Å²) in [5.74, 6) is -7.12. The highest BCUT2D eigenvalue weighted by Crippen LogP contribution is 2.52. The number of ketones is 2. The Kier molecular flexibility index (Phi) is 5.43. The van der Waals surface area contributed by atoms with Crippen LogP contribution in [0.3, 0.4) is 0 Å². The number of phenols is 1. The molecule has 3 aliphatic rings. The maximum absolute atomic E-state index is 13.4. The summed E-state index contributed by atoms with van der Waals surface area (Å²) in [5, 5.41) is 58.6. The molecule has 0 unspecified atom stereocenters. The van der Waals surface area contributed by atoms with Crippen molar-refractivity contribution in [1.82, 2.24) is 5.32 Å². The van der Waals surface area contributed by atoms with Crippen LogP contribution in [0.5, 0.6) is 5.75 Å². The Morgan fingerprint density at radius 2 is 1.94 bits per heavy atom. The number of fused-ring (bicyclic) bond motifs is 3. The second-order valence-corrected chi connectivity index (χ2v) is 8.45. The summed E-state index contributed by atoms with van der Waals surface area (Å²) in [6.07, 6.45) is 0.177. The molecule has 4 atom stereocenters. The minimum Gasteiger partial charge on any atom is -0.510 e. The van der Waals surface area contributed by atoms with Crippen LogP contribution in [-0.2, 0) is 16.0 Å². The predicted molar refractivity (Wildman–Crippen MR) is 115 cm³/mol. The van der Waals surface area contributed by atoms with Crippen molar-refractivity contribution in [3.05, 3.63) is 45.9 Å². The first kappa shape index (κ1) is 22.8. The van der Waals surface area contributed by atoms with Crippen molar-refractivity contribution in [2.45, 2.75) is 24.5 Å². The number of carbonyl (C=O) groups excluding carboxylic acids is 3. The van der Waals surface area contributed by atoms with E-state index in [1.54, 1.807) is 13.1 Å². The second kappa shape index (κ2) is 7.87. The number of anilines is 1. The third kappa shape index (κ3) is 3.04. The van der Waals surface area contributed by atoms with E-state index in [0.717, 1.165) is 0 Å². The number of aliphatic hydroxyl groups is 4. The van der Waals surface area contributed by atoms with Gasteiger partial charge in [-0.05, 0) is 36.5 Å².